The summed E-state index contributed by atoms with van der Waals surface area (Å²) in [6.07, 6.45) is 0. The Morgan fingerprint density at radius 3 is 2.79 bits per heavy atom. The van der Waals surface area contributed by atoms with Gasteiger partial charge in [-0.3, -0.25) is 9.36 Å². The number of aromatic nitrogens is 4. The smallest absolute Gasteiger partial charge is 0.236 e. The van der Waals surface area contributed by atoms with Gasteiger partial charge in [0.05, 0.1) is 28.6 Å². The van der Waals surface area contributed by atoms with Gasteiger partial charge in [0.2, 0.25) is 5.91 Å². The number of methoxy groups -OCH3 is 1. The molecule has 8 nitrogen and oxygen atoms in total. The number of rotatable bonds is 10. The summed E-state index contributed by atoms with van der Waals surface area (Å²) in [5.74, 6) is 0.126. The van der Waals surface area contributed by atoms with Gasteiger partial charge in [-0.15, -0.1) is 10.2 Å². The van der Waals surface area contributed by atoms with Crippen molar-refractivity contribution in [2.75, 3.05) is 24.8 Å². The van der Waals surface area contributed by atoms with Crippen molar-refractivity contribution in [3.8, 4) is 5.75 Å². The molecule has 2 heterocycles. The molecule has 0 aliphatic carbocycles. The highest BCUT2D eigenvalue weighted by molar-refractivity contribution is 7.99. The van der Waals surface area contributed by atoms with Crippen molar-refractivity contribution in [3.05, 3.63) is 60.2 Å². The highest BCUT2D eigenvalue weighted by atomic mass is 32.2. The van der Waals surface area contributed by atoms with Crippen LogP contribution in [0.3, 0.4) is 0 Å². The highest BCUT2D eigenvalue weighted by Crippen LogP contribution is 2.27. The van der Waals surface area contributed by atoms with E-state index in [0.717, 1.165) is 10.2 Å². The van der Waals surface area contributed by atoms with E-state index in [9.17, 15) is 9.18 Å². The maximum Gasteiger partial charge on any atom is 0.236 e. The number of ether oxygens (including phenoxy) is 2. The van der Waals surface area contributed by atoms with Crippen molar-refractivity contribution in [3.63, 3.8) is 0 Å². The van der Waals surface area contributed by atoms with Crippen LogP contribution in [-0.2, 0) is 16.1 Å². The fraction of sp³-hybridized carbons (Fsp3) is 0.273. The van der Waals surface area contributed by atoms with Crippen molar-refractivity contribution in [2.24, 2.45) is 0 Å². The first-order valence-corrected chi connectivity index (χ1v) is 11.9. The SMILES string of the molecule is COC[C@@H](C)n1c(COc2ccccc2F)nnc1SCC(=O)Nc1nc2ccccc2s1. The Hall–Kier alpha value is -3.02. The minimum atomic E-state index is -0.449. The summed E-state index contributed by atoms with van der Waals surface area (Å²) in [6.45, 7) is 2.39. The lowest BCUT2D eigenvalue weighted by molar-refractivity contribution is -0.113. The molecule has 4 rings (SSSR count). The zero-order valence-electron chi connectivity index (χ0n) is 18.0. The molecule has 1 atom stereocenters. The number of nitrogens with one attached hydrogen (secondary N) is 1. The number of anilines is 1. The fourth-order valence-electron chi connectivity index (χ4n) is 3.18. The highest BCUT2D eigenvalue weighted by Gasteiger charge is 2.20. The van der Waals surface area contributed by atoms with Gasteiger partial charge < -0.3 is 14.8 Å². The molecule has 0 fully saturated rings. The molecule has 0 aliphatic rings. The molecule has 2 aromatic carbocycles. The fourth-order valence-corrected chi connectivity index (χ4v) is 4.92. The monoisotopic (exact) mass is 487 g/mol. The van der Waals surface area contributed by atoms with Crippen LogP contribution >= 0.6 is 23.1 Å². The Balaban J connectivity index is 1.43. The van der Waals surface area contributed by atoms with Gasteiger partial charge in [0, 0.05) is 7.11 Å². The van der Waals surface area contributed by atoms with E-state index in [4.69, 9.17) is 9.47 Å². The maximum atomic E-state index is 13.9. The third kappa shape index (κ3) is 5.67. The molecular formula is C22H22FN5O3S2. The van der Waals surface area contributed by atoms with Crippen LogP contribution in [0, 0.1) is 5.82 Å². The summed E-state index contributed by atoms with van der Waals surface area (Å²) >= 11 is 2.67. The summed E-state index contributed by atoms with van der Waals surface area (Å²) in [4.78, 5) is 16.9. The number of amides is 1. The summed E-state index contributed by atoms with van der Waals surface area (Å²) in [5.41, 5.74) is 0.845. The first-order chi connectivity index (χ1) is 16.0. The van der Waals surface area contributed by atoms with E-state index in [1.807, 2.05) is 35.8 Å². The Bertz CT molecular complexity index is 1210. The molecule has 11 heteroatoms. The third-order valence-corrected chi connectivity index (χ3v) is 6.54. The Labute approximate surface area is 198 Å². The number of thiazole rings is 1. The van der Waals surface area contributed by atoms with Gasteiger partial charge in [-0.25, -0.2) is 9.37 Å². The summed E-state index contributed by atoms with van der Waals surface area (Å²) in [5, 5.41) is 12.4. The molecule has 0 unspecified atom stereocenters. The van der Waals surface area contributed by atoms with Gasteiger partial charge in [0.25, 0.3) is 0 Å². The molecule has 172 valence electrons. The van der Waals surface area contributed by atoms with E-state index in [2.05, 4.69) is 20.5 Å². The zero-order chi connectivity index (χ0) is 23.2. The van der Waals surface area contributed by atoms with Crippen molar-refractivity contribution >= 4 is 44.4 Å². The first kappa shape index (κ1) is 23.1. The van der Waals surface area contributed by atoms with Crippen LogP contribution in [0.1, 0.15) is 18.8 Å². The predicted molar refractivity (Wildman–Crippen MR) is 126 cm³/mol. The topological polar surface area (TPSA) is 91.2 Å². The molecule has 1 amide bonds. The summed E-state index contributed by atoms with van der Waals surface area (Å²) in [7, 11) is 1.61. The quantitative estimate of drug-likeness (QED) is 0.328. The maximum absolute atomic E-state index is 13.9. The van der Waals surface area contributed by atoms with Crippen molar-refractivity contribution in [1.82, 2.24) is 19.7 Å². The second kappa shape index (κ2) is 10.7. The number of thioether (sulfide) groups is 1. The van der Waals surface area contributed by atoms with Crippen molar-refractivity contribution < 1.29 is 18.7 Å². The molecule has 33 heavy (non-hydrogen) atoms. The molecule has 0 spiro atoms. The van der Waals surface area contributed by atoms with E-state index in [1.165, 1.54) is 29.2 Å². The third-order valence-electron chi connectivity index (χ3n) is 4.65. The van der Waals surface area contributed by atoms with Gasteiger partial charge in [-0.05, 0) is 31.2 Å². The lowest BCUT2D eigenvalue weighted by Gasteiger charge is -2.17. The number of hydrogen-bond donors (Lipinski definition) is 1. The van der Waals surface area contributed by atoms with Crippen LogP contribution in [0.5, 0.6) is 5.75 Å². The number of halogens is 1. The number of hydrogen-bond acceptors (Lipinski definition) is 8. The minimum Gasteiger partial charge on any atom is -0.483 e. The van der Waals surface area contributed by atoms with Crippen LogP contribution < -0.4 is 10.1 Å². The van der Waals surface area contributed by atoms with E-state index in [1.54, 1.807) is 25.3 Å². The largest absolute Gasteiger partial charge is 0.483 e. The Kier molecular flexibility index (Phi) is 7.53. The lowest BCUT2D eigenvalue weighted by Crippen LogP contribution is -2.18. The molecule has 0 saturated carbocycles. The average Bonchev–Trinajstić information content (AvgIpc) is 3.40. The van der Waals surface area contributed by atoms with Gasteiger partial charge >= 0.3 is 0 Å². The molecule has 2 aromatic heterocycles. The number of nitrogens with zero attached hydrogens (tertiary/aromatic N) is 4. The molecule has 1 N–H and O–H groups in total. The van der Waals surface area contributed by atoms with E-state index >= 15 is 0 Å². The van der Waals surface area contributed by atoms with Crippen LogP contribution in [0.4, 0.5) is 9.52 Å². The second-order valence-corrected chi connectivity index (χ2v) is 9.09. The summed E-state index contributed by atoms with van der Waals surface area (Å²) in [6, 6.07) is 13.8. The van der Waals surface area contributed by atoms with Gasteiger partial charge in [-0.1, -0.05) is 47.4 Å². The van der Waals surface area contributed by atoms with Gasteiger partial charge in [0.15, 0.2) is 27.7 Å². The van der Waals surface area contributed by atoms with Crippen molar-refractivity contribution in [1.29, 1.82) is 0 Å². The summed E-state index contributed by atoms with van der Waals surface area (Å²) < 4.78 is 27.6. The first-order valence-electron chi connectivity index (χ1n) is 10.1. The van der Waals surface area contributed by atoms with Crippen LogP contribution in [0.2, 0.25) is 0 Å². The number of para-hydroxylation sites is 2. The molecule has 0 radical (unpaired) electrons. The van der Waals surface area contributed by atoms with Crippen LogP contribution in [0.25, 0.3) is 10.2 Å². The Morgan fingerprint density at radius 1 is 1.21 bits per heavy atom. The number of fused-ring (bicyclic) bond motifs is 1. The van der Waals surface area contributed by atoms with Crippen molar-refractivity contribution in [2.45, 2.75) is 24.7 Å². The Morgan fingerprint density at radius 2 is 2.00 bits per heavy atom. The van der Waals surface area contributed by atoms with Gasteiger partial charge in [0.1, 0.15) is 6.61 Å². The van der Waals surface area contributed by atoms with Crippen LogP contribution in [0.15, 0.2) is 53.7 Å². The number of carbonyl (C=O) groups excluding carboxylic acids is 1. The molecule has 0 aliphatic heterocycles. The minimum absolute atomic E-state index is 0.0282. The standard InChI is InChI=1S/C22H22FN5O3S2/c1-14(11-30-2)28-19(12-31-17-9-5-3-7-15(17)23)26-27-22(28)32-13-20(29)25-21-24-16-8-4-6-10-18(16)33-21/h3-10,14H,11-13H2,1-2H3,(H,24,25,29)/t14-/m1/s1. The average molecular weight is 488 g/mol. The molecule has 0 saturated heterocycles. The lowest BCUT2D eigenvalue weighted by atomic mass is 10.3. The van der Waals surface area contributed by atoms with E-state index in [0.29, 0.717) is 22.7 Å². The number of benzene rings is 2. The van der Waals surface area contributed by atoms with E-state index in [-0.39, 0.29) is 30.1 Å². The van der Waals surface area contributed by atoms with Crippen LogP contribution in [-0.4, -0.2) is 45.1 Å². The molecular weight excluding hydrogens is 465 g/mol. The normalized spacial score (nSPS) is 12.1. The zero-order valence-corrected chi connectivity index (χ0v) is 19.7. The molecule has 0 bridgehead atoms. The molecule has 4 aromatic rings. The number of carbonyl (C=O) groups is 1. The predicted octanol–water partition coefficient (Wildman–Crippen LogP) is 4.54. The van der Waals surface area contributed by atoms with E-state index < -0.39 is 5.82 Å². The second-order valence-electron chi connectivity index (χ2n) is 7.12. The van der Waals surface area contributed by atoms with Gasteiger partial charge in [-0.2, -0.15) is 0 Å².